The second-order valence-electron chi connectivity index (χ2n) is 5.14. The van der Waals surface area contributed by atoms with Gasteiger partial charge in [0.25, 0.3) is 5.91 Å². The predicted molar refractivity (Wildman–Crippen MR) is 73.8 cm³/mol. The number of aliphatic carboxylic acids is 1. The molecular weight excluding hydrogens is 258 g/mol. The maximum atomic E-state index is 12.1. The molecular formula is C15H19NO4. The van der Waals surface area contributed by atoms with Crippen LogP contribution in [0.2, 0.25) is 0 Å². The molecule has 1 saturated heterocycles. The van der Waals surface area contributed by atoms with E-state index < -0.39 is 12.0 Å². The Bertz CT molecular complexity index is 527. The monoisotopic (exact) mass is 277 g/mol. The van der Waals surface area contributed by atoms with Crippen molar-refractivity contribution in [1.29, 1.82) is 0 Å². The molecule has 0 aliphatic carbocycles. The number of hydrogen-bond acceptors (Lipinski definition) is 3. The minimum absolute atomic E-state index is 0.117. The minimum Gasteiger partial charge on any atom is -0.483 e. The third-order valence-electron chi connectivity index (χ3n) is 3.55. The Morgan fingerprint density at radius 2 is 2.15 bits per heavy atom. The Morgan fingerprint density at radius 3 is 2.85 bits per heavy atom. The van der Waals surface area contributed by atoms with Gasteiger partial charge in [0.15, 0.2) is 6.61 Å². The topological polar surface area (TPSA) is 66.8 Å². The summed E-state index contributed by atoms with van der Waals surface area (Å²) in [7, 11) is 0. The van der Waals surface area contributed by atoms with Crippen molar-refractivity contribution in [2.75, 3.05) is 13.2 Å². The highest BCUT2D eigenvalue weighted by Gasteiger charge is 2.33. The average molecular weight is 277 g/mol. The normalized spacial score (nSPS) is 18.1. The van der Waals surface area contributed by atoms with Crippen molar-refractivity contribution in [3.8, 4) is 5.75 Å². The molecule has 0 aromatic heterocycles. The Hall–Kier alpha value is -2.04. The van der Waals surface area contributed by atoms with E-state index in [4.69, 9.17) is 9.84 Å². The first-order valence-electron chi connectivity index (χ1n) is 6.71. The van der Waals surface area contributed by atoms with Crippen molar-refractivity contribution in [2.45, 2.75) is 32.7 Å². The molecule has 0 spiro atoms. The molecule has 1 atom stereocenters. The molecule has 5 heteroatoms. The highest BCUT2D eigenvalue weighted by molar-refractivity contribution is 5.85. The number of carboxylic acids is 1. The van der Waals surface area contributed by atoms with E-state index in [0.717, 1.165) is 17.5 Å². The van der Waals surface area contributed by atoms with Gasteiger partial charge in [0.1, 0.15) is 11.8 Å². The van der Waals surface area contributed by atoms with Crippen molar-refractivity contribution in [1.82, 2.24) is 4.90 Å². The molecule has 1 amide bonds. The number of hydrogen-bond donors (Lipinski definition) is 1. The summed E-state index contributed by atoms with van der Waals surface area (Å²) in [6.07, 6.45) is 1.25. The highest BCUT2D eigenvalue weighted by atomic mass is 16.5. The lowest BCUT2D eigenvalue weighted by molar-refractivity contribution is -0.148. The van der Waals surface area contributed by atoms with Gasteiger partial charge in [-0.15, -0.1) is 0 Å². The number of ether oxygens (including phenoxy) is 1. The Kier molecular flexibility index (Phi) is 4.27. The molecule has 1 aromatic carbocycles. The number of rotatable bonds is 4. The fourth-order valence-corrected chi connectivity index (χ4v) is 2.41. The predicted octanol–water partition coefficient (Wildman–Crippen LogP) is 1.76. The van der Waals surface area contributed by atoms with Crippen LogP contribution in [0.3, 0.4) is 0 Å². The maximum absolute atomic E-state index is 12.1. The highest BCUT2D eigenvalue weighted by Crippen LogP contribution is 2.21. The van der Waals surface area contributed by atoms with Crippen LogP contribution in [-0.2, 0) is 9.59 Å². The number of aryl methyl sites for hydroxylation is 2. The number of carbonyl (C=O) groups excluding carboxylic acids is 1. The second kappa shape index (κ2) is 5.94. The Balaban J connectivity index is 1.98. The van der Waals surface area contributed by atoms with Crippen LogP contribution in [0.5, 0.6) is 5.75 Å². The number of amides is 1. The number of nitrogens with zero attached hydrogens (tertiary/aromatic N) is 1. The molecule has 1 aromatic rings. The van der Waals surface area contributed by atoms with Gasteiger partial charge in [0.05, 0.1) is 0 Å². The van der Waals surface area contributed by atoms with Crippen molar-refractivity contribution in [3.05, 3.63) is 29.3 Å². The van der Waals surface area contributed by atoms with Gasteiger partial charge in [-0.25, -0.2) is 4.79 Å². The molecule has 108 valence electrons. The van der Waals surface area contributed by atoms with E-state index in [1.54, 1.807) is 0 Å². The summed E-state index contributed by atoms with van der Waals surface area (Å²) < 4.78 is 5.54. The molecule has 0 radical (unpaired) electrons. The van der Waals surface area contributed by atoms with E-state index in [-0.39, 0.29) is 12.5 Å². The van der Waals surface area contributed by atoms with E-state index in [0.29, 0.717) is 18.7 Å². The lowest BCUT2D eigenvalue weighted by Gasteiger charge is -2.21. The minimum atomic E-state index is -0.942. The largest absolute Gasteiger partial charge is 0.483 e. The summed E-state index contributed by atoms with van der Waals surface area (Å²) >= 11 is 0. The van der Waals surface area contributed by atoms with Crippen molar-refractivity contribution in [3.63, 3.8) is 0 Å². The van der Waals surface area contributed by atoms with Gasteiger partial charge in [-0.3, -0.25) is 4.79 Å². The summed E-state index contributed by atoms with van der Waals surface area (Å²) in [4.78, 5) is 24.5. The first-order chi connectivity index (χ1) is 9.49. The van der Waals surface area contributed by atoms with Gasteiger partial charge in [-0.1, -0.05) is 12.1 Å². The van der Waals surface area contributed by atoms with Crippen LogP contribution < -0.4 is 4.74 Å². The lowest BCUT2D eigenvalue weighted by atomic mass is 10.1. The number of carboxylic acid groups (broad SMARTS) is 1. The molecule has 0 bridgehead atoms. The molecule has 0 saturated carbocycles. The molecule has 5 nitrogen and oxygen atoms in total. The van der Waals surface area contributed by atoms with Crippen LogP contribution in [0.1, 0.15) is 24.0 Å². The van der Waals surface area contributed by atoms with Gasteiger partial charge in [-0.05, 0) is 43.9 Å². The lowest BCUT2D eigenvalue weighted by Crippen LogP contribution is -2.42. The second-order valence-corrected chi connectivity index (χ2v) is 5.14. The number of likely N-dealkylation sites (tertiary alicyclic amines) is 1. The van der Waals surface area contributed by atoms with Gasteiger partial charge in [0, 0.05) is 6.54 Å². The third kappa shape index (κ3) is 3.10. The van der Waals surface area contributed by atoms with E-state index >= 15 is 0 Å². The first kappa shape index (κ1) is 14.4. The SMILES string of the molecule is Cc1ccc(C)c(OCC(=O)N2CCC[C@H]2C(=O)O)c1. The van der Waals surface area contributed by atoms with E-state index in [2.05, 4.69) is 0 Å². The third-order valence-corrected chi connectivity index (χ3v) is 3.55. The summed E-state index contributed by atoms with van der Waals surface area (Å²) in [5.74, 6) is -0.539. The zero-order valence-electron chi connectivity index (χ0n) is 11.8. The zero-order chi connectivity index (χ0) is 14.7. The van der Waals surface area contributed by atoms with Crippen LogP contribution in [0.15, 0.2) is 18.2 Å². The van der Waals surface area contributed by atoms with Gasteiger partial charge >= 0.3 is 5.97 Å². The van der Waals surface area contributed by atoms with Gasteiger partial charge in [0.2, 0.25) is 0 Å². The molecule has 1 fully saturated rings. The van der Waals surface area contributed by atoms with Crippen molar-refractivity contribution in [2.24, 2.45) is 0 Å². The molecule has 1 heterocycles. The van der Waals surface area contributed by atoms with E-state index in [9.17, 15) is 9.59 Å². The summed E-state index contributed by atoms with van der Waals surface area (Å²) in [6.45, 7) is 4.24. The number of carbonyl (C=O) groups is 2. The summed E-state index contributed by atoms with van der Waals surface area (Å²) in [5, 5.41) is 9.06. The van der Waals surface area contributed by atoms with E-state index in [1.807, 2.05) is 32.0 Å². The first-order valence-corrected chi connectivity index (χ1v) is 6.71. The fourth-order valence-electron chi connectivity index (χ4n) is 2.41. The van der Waals surface area contributed by atoms with Gasteiger partial charge < -0.3 is 14.7 Å². The quantitative estimate of drug-likeness (QED) is 0.910. The molecule has 1 aliphatic rings. The van der Waals surface area contributed by atoms with Crippen LogP contribution in [0, 0.1) is 13.8 Å². The van der Waals surface area contributed by atoms with Crippen LogP contribution >= 0.6 is 0 Å². The fraction of sp³-hybridized carbons (Fsp3) is 0.467. The van der Waals surface area contributed by atoms with Crippen LogP contribution in [-0.4, -0.2) is 41.1 Å². The standard InChI is InChI=1S/C15H19NO4/c1-10-5-6-11(2)13(8-10)20-9-14(17)16-7-3-4-12(16)15(18)19/h5-6,8,12H,3-4,7,9H2,1-2H3,(H,18,19)/t12-/m0/s1. The smallest absolute Gasteiger partial charge is 0.326 e. The van der Waals surface area contributed by atoms with Crippen LogP contribution in [0.4, 0.5) is 0 Å². The Labute approximate surface area is 118 Å². The molecule has 1 N–H and O–H groups in total. The number of benzene rings is 1. The van der Waals surface area contributed by atoms with Crippen molar-refractivity contribution >= 4 is 11.9 Å². The van der Waals surface area contributed by atoms with E-state index in [1.165, 1.54) is 4.90 Å². The Morgan fingerprint density at radius 1 is 1.40 bits per heavy atom. The summed E-state index contributed by atoms with van der Waals surface area (Å²) in [5.41, 5.74) is 2.02. The molecule has 2 rings (SSSR count). The molecule has 0 unspecified atom stereocenters. The zero-order valence-corrected chi connectivity index (χ0v) is 11.8. The molecule has 20 heavy (non-hydrogen) atoms. The summed E-state index contributed by atoms with van der Waals surface area (Å²) in [6, 6.07) is 5.08. The van der Waals surface area contributed by atoms with Crippen molar-refractivity contribution < 1.29 is 19.4 Å². The maximum Gasteiger partial charge on any atom is 0.326 e. The van der Waals surface area contributed by atoms with Crippen LogP contribution in [0.25, 0.3) is 0 Å². The molecule has 1 aliphatic heterocycles. The average Bonchev–Trinajstić information content (AvgIpc) is 2.89. The van der Waals surface area contributed by atoms with Gasteiger partial charge in [-0.2, -0.15) is 0 Å².